The van der Waals surface area contributed by atoms with Crippen molar-refractivity contribution in [3.63, 3.8) is 0 Å². The number of benzene rings is 1. The Bertz CT molecular complexity index is 1010. The summed E-state index contributed by atoms with van der Waals surface area (Å²) in [6.07, 6.45) is 4.14. The first-order valence-electron chi connectivity index (χ1n) is 11.1. The lowest BCUT2D eigenvalue weighted by atomic mass is 9.65. The molecule has 6 heteroatoms. The number of H-pyrrole nitrogens is 1. The van der Waals surface area contributed by atoms with Crippen molar-refractivity contribution in [3.05, 3.63) is 35.5 Å². The van der Waals surface area contributed by atoms with Crippen LogP contribution in [0.1, 0.15) is 51.3 Å². The van der Waals surface area contributed by atoms with Crippen molar-refractivity contribution in [2.24, 2.45) is 10.8 Å². The topological polar surface area (TPSA) is 68.4 Å². The van der Waals surface area contributed by atoms with Gasteiger partial charge in [0.15, 0.2) is 0 Å². The number of likely N-dealkylation sites (tertiary alicyclic amines) is 1. The first-order chi connectivity index (χ1) is 14.2. The molecule has 2 bridgehead atoms. The molecule has 3 amide bonds. The van der Waals surface area contributed by atoms with E-state index >= 15 is 0 Å². The molecule has 1 aromatic heterocycles. The summed E-state index contributed by atoms with van der Waals surface area (Å²) in [6, 6.07) is 8.44. The van der Waals surface area contributed by atoms with Crippen molar-refractivity contribution >= 4 is 22.8 Å². The number of carbonyl (C=O) groups excluding carboxylic acids is 2. The van der Waals surface area contributed by atoms with Crippen molar-refractivity contribution in [1.29, 1.82) is 0 Å². The van der Waals surface area contributed by atoms with Crippen LogP contribution in [-0.2, 0) is 17.8 Å². The number of hydrogen-bond acceptors (Lipinski definition) is 2. The van der Waals surface area contributed by atoms with Gasteiger partial charge in [0.1, 0.15) is 0 Å². The van der Waals surface area contributed by atoms with Crippen molar-refractivity contribution in [1.82, 2.24) is 20.1 Å². The van der Waals surface area contributed by atoms with Gasteiger partial charge in [0, 0.05) is 35.7 Å². The molecule has 1 saturated heterocycles. The highest BCUT2D eigenvalue weighted by Gasteiger charge is 2.50. The minimum absolute atomic E-state index is 0.0538. The van der Waals surface area contributed by atoms with Gasteiger partial charge in [0.25, 0.3) is 0 Å². The highest BCUT2D eigenvalue weighted by Crippen LogP contribution is 2.52. The predicted octanol–water partition coefficient (Wildman–Crippen LogP) is 3.66. The Morgan fingerprint density at radius 3 is 2.83 bits per heavy atom. The summed E-state index contributed by atoms with van der Waals surface area (Å²) in [5.41, 5.74) is 4.03. The molecule has 2 aromatic rings. The van der Waals surface area contributed by atoms with Gasteiger partial charge in [-0.15, -0.1) is 0 Å². The second-order valence-corrected chi connectivity index (χ2v) is 10.7. The first-order valence-corrected chi connectivity index (χ1v) is 11.1. The monoisotopic (exact) mass is 408 g/mol. The van der Waals surface area contributed by atoms with Crippen LogP contribution in [0.3, 0.4) is 0 Å². The summed E-state index contributed by atoms with van der Waals surface area (Å²) in [4.78, 5) is 33.0. The Kier molecular flexibility index (Phi) is 4.38. The molecule has 2 atom stereocenters. The molecule has 1 saturated carbocycles. The van der Waals surface area contributed by atoms with Gasteiger partial charge in [-0.2, -0.15) is 0 Å². The van der Waals surface area contributed by atoms with Crippen LogP contribution >= 0.6 is 0 Å². The third-order valence-corrected chi connectivity index (χ3v) is 7.30. The Morgan fingerprint density at radius 2 is 2.00 bits per heavy atom. The lowest BCUT2D eigenvalue weighted by Crippen LogP contribution is -2.48. The molecule has 0 unspecified atom stereocenters. The molecule has 30 heavy (non-hydrogen) atoms. The lowest BCUT2D eigenvalue weighted by Gasteiger charge is -2.39. The summed E-state index contributed by atoms with van der Waals surface area (Å²) in [5, 5.41) is 4.14. The largest absolute Gasteiger partial charge is 0.357 e. The van der Waals surface area contributed by atoms with Crippen LogP contribution in [0.25, 0.3) is 10.9 Å². The van der Waals surface area contributed by atoms with E-state index in [2.05, 4.69) is 49.3 Å². The van der Waals surface area contributed by atoms with Crippen molar-refractivity contribution in [3.8, 4) is 0 Å². The SMILES string of the molecule is CC1(C)C[C@@H]2C[C@@](C)(CN2C(=O)CNC(=O)N2CCc3c([nH]c4ccccc34)C2)C1. The zero-order valence-electron chi connectivity index (χ0n) is 18.3. The van der Waals surface area contributed by atoms with Crippen LogP contribution < -0.4 is 5.32 Å². The van der Waals surface area contributed by atoms with Gasteiger partial charge in [-0.1, -0.05) is 39.0 Å². The van der Waals surface area contributed by atoms with E-state index in [0.29, 0.717) is 19.1 Å². The van der Waals surface area contributed by atoms with E-state index in [1.54, 1.807) is 4.90 Å². The standard InChI is InChI=1S/C24H32N4O2/c1-23(2)10-16-11-24(3,14-23)15-28(16)21(29)12-25-22(30)27-9-8-18-17-6-4-5-7-19(17)26-20(18)13-27/h4-7,16,26H,8-15H2,1-3H3,(H,25,30)/t16-,24-/m1/s1. The van der Waals surface area contributed by atoms with Crippen LogP contribution in [0.15, 0.2) is 24.3 Å². The zero-order valence-corrected chi connectivity index (χ0v) is 18.3. The van der Waals surface area contributed by atoms with Gasteiger partial charge >= 0.3 is 6.03 Å². The maximum atomic E-state index is 12.9. The maximum Gasteiger partial charge on any atom is 0.318 e. The quantitative estimate of drug-likeness (QED) is 0.796. The molecular formula is C24H32N4O2. The smallest absolute Gasteiger partial charge is 0.318 e. The Balaban J connectivity index is 1.20. The fraction of sp³-hybridized carbons (Fsp3) is 0.583. The number of rotatable bonds is 2. The van der Waals surface area contributed by atoms with E-state index in [4.69, 9.17) is 0 Å². The molecule has 2 fully saturated rings. The van der Waals surface area contributed by atoms with E-state index in [1.165, 1.54) is 10.9 Å². The number of para-hydroxylation sites is 1. The van der Waals surface area contributed by atoms with E-state index < -0.39 is 0 Å². The van der Waals surface area contributed by atoms with Crippen LogP contribution in [0.2, 0.25) is 0 Å². The van der Waals surface area contributed by atoms with Gasteiger partial charge in [0.05, 0.1) is 13.1 Å². The maximum absolute atomic E-state index is 12.9. The summed E-state index contributed by atoms with van der Waals surface area (Å²) < 4.78 is 0. The Morgan fingerprint density at radius 1 is 1.20 bits per heavy atom. The molecule has 0 spiro atoms. The molecule has 3 aliphatic rings. The number of aromatic nitrogens is 1. The van der Waals surface area contributed by atoms with E-state index in [1.807, 2.05) is 11.0 Å². The molecule has 2 N–H and O–H groups in total. The van der Waals surface area contributed by atoms with Gasteiger partial charge in [-0.05, 0) is 48.1 Å². The third kappa shape index (κ3) is 3.36. The molecule has 5 rings (SSSR count). The lowest BCUT2D eigenvalue weighted by molar-refractivity contribution is -0.131. The Hall–Kier alpha value is -2.50. The zero-order chi connectivity index (χ0) is 21.1. The van der Waals surface area contributed by atoms with Gasteiger partial charge in [-0.3, -0.25) is 4.79 Å². The fourth-order valence-electron chi connectivity index (χ4n) is 6.48. The molecule has 3 heterocycles. The van der Waals surface area contributed by atoms with Crippen molar-refractivity contribution < 1.29 is 9.59 Å². The number of carbonyl (C=O) groups is 2. The molecule has 0 radical (unpaired) electrons. The molecule has 6 nitrogen and oxygen atoms in total. The fourth-order valence-corrected chi connectivity index (χ4v) is 6.48. The minimum Gasteiger partial charge on any atom is -0.357 e. The Labute approximate surface area is 178 Å². The van der Waals surface area contributed by atoms with Crippen LogP contribution in [-0.4, -0.2) is 52.4 Å². The average molecular weight is 409 g/mol. The van der Waals surface area contributed by atoms with Crippen LogP contribution in [0.4, 0.5) is 4.79 Å². The number of nitrogens with zero attached hydrogens (tertiary/aromatic N) is 2. The second kappa shape index (κ2) is 6.76. The number of fused-ring (bicyclic) bond motifs is 5. The van der Waals surface area contributed by atoms with E-state index in [-0.39, 0.29) is 29.3 Å². The number of amides is 3. The summed E-state index contributed by atoms with van der Waals surface area (Å²) >= 11 is 0. The normalized spacial score (nSPS) is 27.2. The number of aromatic amines is 1. The number of hydrogen-bond donors (Lipinski definition) is 2. The van der Waals surface area contributed by atoms with Gasteiger partial charge in [-0.25, -0.2) is 4.79 Å². The van der Waals surface area contributed by atoms with Crippen LogP contribution in [0, 0.1) is 10.8 Å². The highest BCUT2D eigenvalue weighted by molar-refractivity contribution is 5.87. The summed E-state index contributed by atoms with van der Waals surface area (Å²) in [5.74, 6) is 0.0538. The molecule has 1 aliphatic carbocycles. The molecule has 160 valence electrons. The van der Waals surface area contributed by atoms with Crippen LogP contribution in [0.5, 0.6) is 0 Å². The first kappa shape index (κ1) is 19.5. The second-order valence-electron chi connectivity index (χ2n) is 10.7. The summed E-state index contributed by atoms with van der Waals surface area (Å²) in [6.45, 7) is 9.05. The average Bonchev–Trinajstić information content (AvgIpc) is 3.18. The van der Waals surface area contributed by atoms with Crippen molar-refractivity contribution in [2.45, 2.75) is 59.0 Å². The molecule has 1 aromatic carbocycles. The predicted molar refractivity (Wildman–Crippen MR) is 117 cm³/mol. The van der Waals surface area contributed by atoms with E-state index in [0.717, 1.165) is 43.4 Å². The number of urea groups is 1. The third-order valence-electron chi connectivity index (χ3n) is 7.30. The van der Waals surface area contributed by atoms with Crippen molar-refractivity contribution in [2.75, 3.05) is 19.6 Å². The molecule has 2 aliphatic heterocycles. The van der Waals surface area contributed by atoms with E-state index in [9.17, 15) is 9.59 Å². The van der Waals surface area contributed by atoms with Gasteiger partial charge < -0.3 is 20.1 Å². The highest BCUT2D eigenvalue weighted by atomic mass is 16.2. The number of nitrogens with one attached hydrogen (secondary N) is 2. The van der Waals surface area contributed by atoms with Gasteiger partial charge in [0.2, 0.25) is 5.91 Å². The molecular weight excluding hydrogens is 376 g/mol. The summed E-state index contributed by atoms with van der Waals surface area (Å²) in [7, 11) is 0. The minimum atomic E-state index is -0.152.